The number of hydrogen-bond donors (Lipinski definition) is 2. The molecule has 2 N–H and O–H groups in total. The van der Waals surface area contributed by atoms with Crippen LogP contribution >= 0.6 is 0 Å². The second-order valence-electron chi connectivity index (χ2n) is 9.26. The van der Waals surface area contributed by atoms with Crippen molar-refractivity contribution in [2.45, 2.75) is 37.5 Å². The van der Waals surface area contributed by atoms with Gasteiger partial charge in [0.1, 0.15) is 22.9 Å². The van der Waals surface area contributed by atoms with Crippen molar-refractivity contribution in [3.63, 3.8) is 0 Å². The van der Waals surface area contributed by atoms with Crippen LogP contribution in [0.1, 0.15) is 46.9 Å². The molecule has 15 heteroatoms. The van der Waals surface area contributed by atoms with Gasteiger partial charge in [-0.1, -0.05) is 6.07 Å². The summed E-state index contributed by atoms with van der Waals surface area (Å²) >= 11 is 0. The van der Waals surface area contributed by atoms with Gasteiger partial charge in [0.05, 0.1) is 25.0 Å². The number of carbonyl (C=O) groups is 2. The summed E-state index contributed by atoms with van der Waals surface area (Å²) in [4.78, 5) is 29.9. The van der Waals surface area contributed by atoms with E-state index in [9.17, 15) is 31.1 Å². The van der Waals surface area contributed by atoms with Crippen molar-refractivity contribution < 1.29 is 50.5 Å². The Kier molecular flexibility index (Phi) is 7.47. The topological polar surface area (TPSA) is 115 Å². The average Bonchev–Trinajstić information content (AvgIpc) is 3.48. The zero-order valence-electron chi connectivity index (χ0n) is 20.3. The molecule has 3 aromatic heterocycles. The molecule has 210 valence electrons. The van der Waals surface area contributed by atoms with Crippen molar-refractivity contribution >= 4 is 23.3 Å². The standard InChI is InChI=1S/C22H21F3N4O3.C2HF3O2/c1-31-16-7-19-26-15(13-8-21(9-13)5-6-32-12-21)11-29(19)10-14(16)20(30)28-18-4-2-3-17(27-18)22(23,24)25;3-2(4,5)1(6)7/h2-4,7,10-11,13H,5-6,8-9,12H2,1H3,(H,27,28,30);(H,6,7). The normalized spacial score (nSPS) is 20.7. The Hall–Kier alpha value is -3.88. The highest BCUT2D eigenvalue weighted by Crippen LogP contribution is 2.55. The highest BCUT2D eigenvalue weighted by atomic mass is 19.4. The van der Waals surface area contributed by atoms with E-state index in [4.69, 9.17) is 24.4 Å². The molecular weight excluding hydrogens is 538 g/mol. The van der Waals surface area contributed by atoms with E-state index in [2.05, 4.69) is 10.3 Å². The maximum absolute atomic E-state index is 12.9. The van der Waals surface area contributed by atoms with E-state index in [0.717, 1.165) is 44.2 Å². The van der Waals surface area contributed by atoms with Gasteiger partial charge in [0.25, 0.3) is 5.91 Å². The van der Waals surface area contributed by atoms with Crippen molar-refractivity contribution in [3.05, 3.63) is 53.6 Å². The number of aromatic nitrogens is 3. The quantitative estimate of drug-likeness (QED) is 0.435. The summed E-state index contributed by atoms with van der Waals surface area (Å²) in [6.45, 7) is 1.62. The van der Waals surface area contributed by atoms with E-state index in [0.29, 0.717) is 11.6 Å². The lowest BCUT2D eigenvalue weighted by Crippen LogP contribution is -2.36. The number of imidazole rings is 1. The molecule has 5 rings (SSSR count). The van der Waals surface area contributed by atoms with Gasteiger partial charge in [0.2, 0.25) is 0 Å². The van der Waals surface area contributed by atoms with Crippen LogP contribution in [0, 0.1) is 5.41 Å². The minimum atomic E-state index is -5.08. The fraction of sp³-hybridized carbons (Fsp3) is 0.417. The van der Waals surface area contributed by atoms with E-state index >= 15 is 0 Å². The minimum Gasteiger partial charge on any atom is -0.496 e. The zero-order chi connectivity index (χ0) is 28.6. The zero-order valence-corrected chi connectivity index (χ0v) is 20.3. The first-order valence-corrected chi connectivity index (χ1v) is 11.5. The molecule has 0 radical (unpaired) electrons. The number of ether oxygens (including phenoxy) is 2. The predicted molar refractivity (Wildman–Crippen MR) is 122 cm³/mol. The van der Waals surface area contributed by atoms with E-state index in [1.807, 2.05) is 6.20 Å². The van der Waals surface area contributed by atoms with E-state index in [-0.39, 0.29) is 22.5 Å². The van der Waals surface area contributed by atoms with Gasteiger partial charge in [0, 0.05) is 31.0 Å². The number of fused-ring (bicyclic) bond motifs is 1. The average molecular weight is 560 g/mol. The third kappa shape index (κ3) is 6.24. The van der Waals surface area contributed by atoms with Crippen molar-refractivity contribution in [1.29, 1.82) is 0 Å². The van der Waals surface area contributed by atoms with Gasteiger partial charge >= 0.3 is 18.3 Å². The third-order valence-electron chi connectivity index (χ3n) is 6.52. The molecule has 4 heterocycles. The van der Waals surface area contributed by atoms with Crippen LogP contribution in [-0.4, -0.2) is 57.9 Å². The molecule has 1 spiro atoms. The fourth-order valence-electron chi connectivity index (χ4n) is 4.58. The van der Waals surface area contributed by atoms with E-state index < -0.39 is 29.9 Å². The van der Waals surface area contributed by atoms with Crippen molar-refractivity contribution in [2.75, 3.05) is 25.6 Å². The Morgan fingerprint density at radius 2 is 1.85 bits per heavy atom. The Balaban J connectivity index is 0.000000448. The van der Waals surface area contributed by atoms with Gasteiger partial charge in [-0.15, -0.1) is 0 Å². The molecule has 3 aromatic rings. The number of aliphatic carboxylic acids is 1. The maximum atomic E-state index is 12.9. The van der Waals surface area contributed by atoms with Crippen LogP contribution in [0.15, 0.2) is 36.7 Å². The van der Waals surface area contributed by atoms with E-state index in [1.165, 1.54) is 19.2 Å². The molecule has 1 amide bonds. The molecule has 1 aliphatic carbocycles. The minimum absolute atomic E-state index is 0.164. The van der Waals surface area contributed by atoms with Crippen LogP contribution in [0.3, 0.4) is 0 Å². The lowest BCUT2D eigenvalue weighted by molar-refractivity contribution is -0.192. The molecular formula is C24H22F6N4O5. The first-order valence-electron chi connectivity index (χ1n) is 11.5. The number of amides is 1. The Morgan fingerprint density at radius 3 is 2.41 bits per heavy atom. The van der Waals surface area contributed by atoms with Crippen molar-refractivity contribution in [3.8, 4) is 5.75 Å². The highest BCUT2D eigenvalue weighted by molar-refractivity contribution is 6.05. The van der Waals surface area contributed by atoms with Gasteiger partial charge in [0.15, 0.2) is 0 Å². The number of alkyl halides is 6. The van der Waals surface area contributed by atoms with Crippen LogP contribution in [0.2, 0.25) is 0 Å². The maximum Gasteiger partial charge on any atom is 0.490 e. The Morgan fingerprint density at radius 1 is 1.15 bits per heavy atom. The molecule has 9 nitrogen and oxygen atoms in total. The molecule has 0 bridgehead atoms. The first-order chi connectivity index (χ1) is 18.2. The number of nitrogens with zero attached hydrogens (tertiary/aromatic N) is 3. The number of hydrogen-bond acceptors (Lipinski definition) is 6. The second kappa shape index (κ2) is 10.4. The van der Waals surface area contributed by atoms with Crippen LogP contribution < -0.4 is 10.1 Å². The molecule has 39 heavy (non-hydrogen) atoms. The van der Waals surface area contributed by atoms with Crippen LogP contribution in [0.4, 0.5) is 32.2 Å². The third-order valence-corrected chi connectivity index (χ3v) is 6.52. The lowest BCUT2D eigenvalue weighted by atomic mass is 9.61. The monoisotopic (exact) mass is 560 g/mol. The number of rotatable bonds is 4. The summed E-state index contributed by atoms with van der Waals surface area (Å²) < 4.78 is 83.1. The number of carbonyl (C=O) groups excluding carboxylic acids is 1. The Labute approximate surface area is 216 Å². The second-order valence-corrected chi connectivity index (χ2v) is 9.26. The highest BCUT2D eigenvalue weighted by Gasteiger charge is 2.48. The summed E-state index contributed by atoms with van der Waals surface area (Å²) in [5.41, 5.74) is 0.942. The largest absolute Gasteiger partial charge is 0.496 e. The van der Waals surface area contributed by atoms with Gasteiger partial charge in [-0.3, -0.25) is 4.79 Å². The molecule has 1 aliphatic heterocycles. The van der Waals surface area contributed by atoms with Gasteiger partial charge < -0.3 is 24.3 Å². The number of nitrogens with one attached hydrogen (secondary N) is 1. The van der Waals surface area contributed by atoms with Crippen LogP contribution in [-0.2, 0) is 15.7 Å². The lowest BCUT2D eigenvalue weighted by Gasteiger charge is -2.43. The molecule has 1 saturated carbocycles. The molecule has 0 unspecified atom stereocenters. The number of halogens is 6. The summed E-state index contributed by atoms with van der Waals surface area (Å²) in [5.74, 6) is -2.97. The number of carboxylic acid groups (broad SMARTS) is 1. The van der Waals surface area contributed by atoms with Gasteiger partial charge in [-0.25, -0.2) is 14.8 Å². The molecule has 1 saturated heterocycles. The first kappa shape index (κ1) is 28.1. The molecule has 2 aliphatic rings. The van der Waals surface area contributed by atoms with Crippen LogP contribution in [0.5, 0.6) is 5.75 Å². The van der Waals surface area contributed by atoms with Crippen molar-refractivity contribution in [2.24, 2.45) is 5.41 Å². The number of carboxylic acids is 1. The van der Waals surface area contributed by atoms with Gasteiger partial charge in [-0.05, 0) is 36.8 Å². The number of anilines is 1. The van der Waals surface area contributed by atoms with Crippen molar-refractivity contribution in [1.82, 2.24) is 14.4 Å². The smallest absolute Gasteiger partial charge is 0.490 e. The van der Waals surface area contributed by atoms with Crippen LogP contribution in [0.25, 0.3) is 5.65 Å². The molecule has 2 fully saturated rings. The predicted octanol–water partition coefficient (Wildman–Crippen LogP) is 4.93. The van der Waals surface area contributed by atoms with E-state index in [1.54, 1.807) is 16.7 Å². The fourth-order valence-corrected chi connectivity index (χ4v) is 4.58. The SMILES string of the molecule is COc1cc2nc(C3CC4(CCOC4)C3)cn2cc1C(=O)Nc1cccc(C(F)(F)F)n1.O=C(O)C(F)(F)F. The Bertz CT molecular complexity index is 1370. The summed E-state index contributed by atoms with van der Waals surface area (Å²) in [6.07, 6.45) is -3.08. The van der Waals surface area contributed by atoms with Gasteiger partial charge in [-0.2, -0.15) is 26.3 Å². The number of methoxy groups -OCH3 is 1. The summed E-state index contributed by atoms with van der Waals surface area (Å²) in [5, 5.41) is 9.54. The molecule has 0 atom stereocenters. The summed E-state index contributed by atoms with van der Waals surface area (Å²) in [6, 6.07) is 4.98. The summed E-state index contributed by atoms with van der Waals surface area (Å²) in [7, 11) is 1.42. The molecule has 0 aromatic carbocycles. The number of pyridine rings is 2.